The molecule has 1 atom stereocenters. The Kier molecular flexibility index (Phi) is 3.41. The minimum absolute atomic E-state index is 0.0801. The number of amides is 3. The van der Waals surface area contributed by atoms with E-state index in [9.17, 15) is 18.8 Å². The molecule has 1 aromatic rings. The van der Waals surface area contributed by atoms with Crippen LogP contribution in [0, 0.1) is 5.82 Å². The standard InChI is InChI=1S/C14H12ClFN2O3/c15-7-1-4-10(16)9(5-7)14(21)18(8-2-3-8)11-6-12(19)17-13(11)20/h1,4-5,8,11H,2-3,6H2,(H,17,19,20). The van der Waals surface area contributed by atoms with Crippen LogP contribution in [0.2, 0.25) is 5.02 Å². The van der Waals surface area contributed by atoms with E-state index < -0.39 is 29.6 Å². The second-order valence-electron chi connectivity index (χ2n) is 5.20. The van der Waals surface area contributed by atoms with E-state index in [0.717, 1.165) is 18.9 Å². The Bertz CT molecular complexity index is 645. The molecule has 3 rings (SSSR count). The molecule has 0 aromatic heterocycles. The Labute approximate surface area is 125 Å². The van der Waals surface area contributed by atoms with Crippen LogP contribution in [0.5, 0.6) is 0 Å². The second kappa shape index (κ2) is 5.11. The summed E-state index contributed by atoms with van der Waals surface area (Å²) in [5, 5.41) is 2.41. The quantitative estimate of drug-likeness (QED) is 0.860. The Morgan fingerprint density at radius 1 is 1.33 bits per heavy atom. The van der Waals surface area contributed by atoms with E-state index in [-0.39, 0.29) is 23.0 Å². The van der Waals surface area contributed by atoms with Crippen molar-refractivity contribution in [3.05, 3.63) is 34.6 Å². The fourth-order valence-corrected chi connectivity index (χ4v) is 2.65. The minimum Gasteiger partial charge on any atom is -0.323 e. The Morgan fingerprint density at radius 2 is 2.05 bits per heavy atom. The third-order valence-corrected chi connectivity index (χ3v) is 3.85. The average molecular weight is 311 g/mol. The van der Waals surface area contributed by atoms with Crippen molar-refractivity contribution >= 4 is 29.3 Å². The van der Waals surface area contributed by atoms with Gasteiger partial charge in [-0.3, -0.25) is 19.7 Å². The van der Waals surface area contributed by atoms with Gasteiger partial charge in [0.2, 0.25) is 11.8 Å². The highest BCUT2D eigenvalue weighted by Crippen LogP contribution is 2.33. The maximum absolute atomic E-state index is 13.9. The molecule has 1 aliphatic heterocycles. The van der Waals surface area contributed by atoms with Crippen molar-refractivity contribution in [3.63, 3.8) is 0 Å². The summed E-state index contributed by atoms with van der Waals surface area (Å²) in [6.45, 7) is 0. The molecule has 1 aliphatic carbocycles. The summed E-state index contributed by atoms with van der Waals surface area (Å²) >= 11 is 5.80. The number of hydrogen-bond donors (Lipinski definition) is 1. The molecule has 1 unspecified atom stereocenters. The van der Waals surface area contributed by atoms with Gasteiger partial charge in [0.05, 0.1) is 12.0 Å². The monoisotopic (exact) mass is 310 g/mol. The van der Waals surface area contributed by atoms with Gasteiger partial charge in [0.25, 0.3) is 5.91 Å². The topological polar surface area (TPSA) is 66.5 Å². The highest BCUT2D eigenvalue weighted by molar-refractivity contribution is 6.31. The smallest absolute Gasteiger partial charge is 0.257 e. The van der Waals surface area contributed by atoms with Crippen LogP contribution in [-0.4, -0.2) is 34.7 Å². The zero-order chi connectivity index (χ0) is 15.1. The van der Waals surface area contributed by atoms with E-state index in [0.29, 0.717) is 0 Å². The molecule has 1 saturated heterocycles. The molecular weight excluding hydrogens is 299 g/mol. The number of halogens is 2. The van der Waals surface area contributed by atoms with Crippen molar-refractivity contribution in [1.82, 2.24) is 10.2 Å². The molecule has 2 fully saturated rings. The van der Waals surface area contributed by atoms with Gasteiger partial charge in [-0.05, 0) is 31.0 Å². The lowest BCUT2D eigenvalue weighted by molar-refractivity contribution is -0.126. The predicted molar refractivity (Wildman–Crippen MR) is 72.2 cm³/mol. The number of imide groups is 1. The first-order valence-electron chi connectivity index (χ1n) is 6.59. The van der Waals surface area contributed by atoms with Gasteiger partial charge in [-0.2, -0.15) is 0 Å². The minimum atomic E-state index is -0.865. The summed E-state index contributed by atoms with van der Waals surface area (Å²) in [5.41, 5.74) is -0.179. The molecule has 1 aromatic carbocycles. The normalized spacial score (nSPS) is 21.3. The molecule has 1 heterocycles. The first-order chi connectivity index (χ1) is 9.97. The van der Waals surface area contributed by atoms with Gasteiger partial charge in [0.15, 0.2) is 0 Å². The highest BCUT2D eigenvalue weighted by atomic mass is 35.5. The number of nitrogens with zero attached hydrogens (tertiary/aromatic N) is 1. The van der Waals surface area contributed by atoms with E-state index in [4.69, 9.17) is 11.6 Å². The number of nitrogens with one attached hydrogen (secondary N) is 1. The molecular formula is C14H12ClFN2O3. The maximum atomic E-state index is 13.9. The third kappa shape index (κ3) is 2.63. The first-order valence-corrected chi connectivity index (χ1v) is 6.96. The summed E-state index contributed by atoms with van der Waals surface area (Å²) in [5.74, 6) is -2.23. The van der Waals surface area contributed by atoms with Crippen LogP contribution in [0.15, 0.2) is 18.2 Å². The van der Waals surface area contributed by atoms with Crippen LogP contribution < -0.4 is 5.32 Å². The summed E-state index contributed by atoms with van der Waals surface area (Å²) < 4.78 is 13.9. The van der Waals surface area contributed by atoms with Crippen molar-refractivity contribution in [3.8, 4) is 0 Å². The number of carbonyl (C=O) groups excluding carboxylic acids is 3. The van der Waals surface area contributed by atoms with Crippen molar-refractivity contribution in [1.29, 1.82) is 0 Å². The number of hydrogen-bond acceptors (Lipinski definition) is 3. The largest absolute Gasteiger partial charge is 0.323 e. The van der Waals surface area contributed by atoms with Crippen molar-refractivity contribution in [2.45, 2.75) is 31.3 Å². The lowest BCUT2D eigenvalue weighted by atomic mass is 10.1. The van der Waals surface area contributed by atoms with Crippen LogP contribution in [0.25, 0.3) is 0 Å². The lowest BCUT2D eigenvalue weighted by Crippen LogP contribution is -2.46. The van der Waals surface area contributed by atoms with Crippen LogP contribution in [0.1, 0.15) is 29.6 Å². The Hall–Kier alpha value is -1.95. The molecule has 5 nitrogen and oxygen atoms in total. The van der Waals surface area contributed by atoms with Gasteiger partial charge in [0.1, 0.15) is 11.9 Å². The Morgan fingerprint density at radius 3 is 2.62 bits per heavy atom. The molecule has 0 bridgehead atoms. The molecule has 0 spiro atoms. The first kappa shape index (κ1) is 14.0. The molecule has 2 aliphatic rings. The Balaban J connectivity index is 1.94. The fraction of sp³-hybridized carbons (Fsp3) is 0.357. The predicted octanol–water partition coefficient (Wildman–Crippen LogP) is 1.50. The van der Waals surface area contributed by atoms with E-state index >= 15 is 0 Å². The molecule has 7 heteroatoms. The van der Waals surface area contributed by atoms with Gasteiger partial charge in [0, 0.05) is 11.1 Å². The molecule has 110 valence electrons. The van der Waals surface area contributed by atoms with Crippen molar-refractivity contribution in [2.24, 2.45) is 0 Å². The number of rotatable bonds is 3. The lowest BCUT2D eigenvalue weighted by Gasteiger charge is -2.27. The molecule has 3 amide bonds. The van der Waals surface area contributed by atoms with Gasteiger partial charge < -0.3 is 4.90 Å². The molecule has 1 N–H and O–H groups in total. The average Bonchev–Trinajstić information content (AvgIpc) is 3.19. The van der Waals surface area contributed by atoms with E-state index in [1.807, 2.05) is 0 Å². The zero-order valence-electron chi connectivity index (χ0n) is 10.9. The summed E-state index contributed by atoms with van der Waals surface area (Å²) in [6, 6.07) is 2.71. The number of carbonyl (C=O) groups is 3. The molecule has 0 radical (unpaired) electrons. The summed E-state index contributed by atoms with van der Waals surface area (Å²) in [6.07, 6.45) is 1.40. The number of benzene rings is 1. The summed E-state index contributed by atoms with van der Waals surface area (Å²) in [4.78, 5) is 37.0. The summed E-state index contributed by atoms with van der Waals surface area (Å²) in [7, 11) is 0. The second-order valence-corrected chi connectivity index (χ2v) is 5.64. The zero-order valence-corrected chi connectivity index (χ0v) is 11.7. The van der Waals surface area contributed by atoms with Crippen LogP contribution >= 0.6 is 11.6 Å². The maximum Gasteiger partial charge on any atom is 0.257 e. The van der Waals surface area contributed by atoms with Crippen LogP contribution in [-0.2, 0) is 9.59 Å². The van der Waals surface area contributed by atoms with Crippen LogP contribution in [0.3, 0.4) is 0 Å². The van der Waals surface area contributed by atoms with Gasteiger partial charge >= 0.3 is 0 Å². The third-order valence-electron chi connectivity index (χ3n) is 3.61. The van der Waals surface area contributed by atoms with E-state index in [2.05, 4.69) is 5.32 Å². The van der Waals surface area contributed by atoms with Gasteiger partial charge in [-0.15, -0.1) is 0 Å². The SMILES string of the molecule is O=C1CC(N(C(=O)c2cc(Cl)ccc2F)C2CC2)C(=O)N1. The van der Waals surface area contributed by atoms with Crippen molar-refractivity contribution < 1.29 is 18.8 Å². The van der Waals surface area contributed by atoms with Crippen LogP contribution in [0.4, 0.5) is 4.39 Å². The van der Waals surface area contributed by atoms with Crippen molar-refractivity contribution in [2.75, 3.05) is 0 Å². The van der Waals surface area contributed by atoms with Gasteiger partial charge in [-0.25, -0.2) is 4.39 Å². The highest BCUT2D eigenvalue weighted by Gasteiger charge is 2.45. The molecule has 1 saturated carbocycles. The fourth-order valence-electron chi connectivity index (χ4n) is 2.48. The molecule has 21 heavy (non-hydrogen) atoms. The van der Waals surface area contributed by atoms with E-state index in [1.54, 1.807) is 0 Å². The van der Waals surface area contributed by atoms with E-state index in [1.165, 1.54) is 17.0 Å². The van der Waals surface area contributed by atoms with Gasteiger partial charge in [-0.1, -0.05) is 11.6 Å².